The number of amides is 2. The van der Waals surface area contributed by atoms with Gasteiger partial charge in [0.25, 0.3) is 0 Å². The van der Waals surface area contributed by atoms with Gasteiger partial charge in [-0.05, 0) is 25.7 Å². The van der Waals surface area contributed by atoms with Gasteiger partial charge in [0.1, 0.15) is 0 Å². The van der Waals surface area contributed by atoms with E-state index < -0.39 is 5.60 Å². The molecule has 1 saturated heterocycles. The fourth-order valence-electron chi connectivity index (χ4n) is 1.89. The number of carbonyl (C=O) groups is 1. The van der Waals surface area contributed by atoms with E-state index in [1.807, 2.05) is 0 Å². The highest BCUT2D eigenvalue weighted by Gasteiger charge is 2.34. The molecule has 15 heavy (non-hydrogen) atoms. The number of hydrogen-bond donors (Lipinski definition) is 3. The highest BCUT2D eigenvalue weighted by molar-refractivity contribution is 5.74. The molecule has 0 bridgehead atoms. The SMILES string of the molecule is O=C(NCC1(O)CCC1)NC1CCOC1. The van der Waals surface area contributed by atoms with Crippen molar-refractivity contribution in [2.24, 2.45) is 0 Å². The second-order valence-corrected chi connectivity index (χ2v) is 4.47. The Morgan fingerprint density at radius 2 is 2.33 bits per heavy atom. The molecule has 5 heteroatoms. The van der Waals surface area contributed by atoms with Crippen LogP contribution in [-0.2, 0) is 4.74 Å². The minimum Gasteiger partial charge on any atom is -0.388 e. The predicted octanol–water partition coefficient (Wildman–Crippen LogP) is -0.0105. The molecule has 1 heterocycles. The summed E-state index contributed by atoms with van der Waals surface area (Å²) in [5, 5.41) is 15.3. The molecule has 1 saturated carbocycles. The van der Waals surface area contributed by atoms with Gasteiger partial charge in [-0.3, -0.25) is 0 Å². The fraction of sp³-hybridized carbons (Fsp3) is 0.900. The normalized spacial score (nSPS) is 28.2. The van der Waals surface area contributed by atoms with Crippen LogP contribution in [0.5, 0.6) is 0 Å². The maximum Gasteiger partial charge on any atom is 0.315 e. The Bertz CT molecular complexity index is 235. The number of carbonyl (C=O) groups excluding carboxylic acids is 1. The number of hydrogen-bond acceptors (Lipinski definition) is 3. The molecule has 3 N–H and O–H groups in total. The van der Waals surface area contributed by atoms with Gasteiger partial charge >= 0.3 is 6.03 Å². The Kier molecular flexibility index (Phi) is 3.11. The molecule has 0 aromatic rings. The van der Waals surface area contributed by atoms with Crippen LogP contribution in [0, 0.1) is 0 Å². The van der Waals surface area contributed by atoms with Gasteiger partial charge in [-0.2, -0.15) is 0 Å². The minimum atomic E-state index is -0.649. The highest BCUT2D eigenvalue weighted by atomic mass is 16.5. The summed E-state index contributed by atoms with van der Waals surface area (Å²) in [5.74, 6) is 0. The van der Waals surface area contributed by atoms with Gasteiger partial charge in [0.2, 0.25) is 0 Å². The highest BCUT2D eigenvalue weighted by Crippen LogP contribution is 2.30. The predicted molar refractivity (Wildman–Crippen MR) is 54.6 cm³/mol. The van der Waals surface area contributed by atoms with Crippen molar-refractivity contribution in [2.45, 2.75) is 37.3 Å². The van der Waals surface area contributed by atoms with E-state index in [4.69, 9.17) is 4.74 Å². The summed E-state index contributed by atoms with van der Waals surface area (Å²) in [5.41, 5.74) is -0.649. The maximum atomic E-state index is 11.4. The zero-order valence-corrected chi connectivity index (χ0v) is 8.79. The van der Waals surface area contributed by atoms with Gasteiger partial charge in [-0.15, -0.1) is 0 Å². The molecule has 2 amide bonds. The van der Waals surface area contributed by atoms with Gasteiger partial charge in [0.05, 0.1) is 18.2 Å². The Morgan fingerprint density at radius 1 is 1.53 bits per heavy atom. The number of nitrogens with one attached hydrogen (secondary N) is 2. The lowest BCUT2D eigenvalue weighted by atomic mass is 9.80. The van der Waals surface area contributed by atoms with E-state index in [0.29, 0.717) is 13.2 Å². The molecular formula is C10H18N2O3. The first kappa shape index (κ1) is 10.7. The van der Waals surface area contributed by atoms with E-state index in [9.17, 15) is 9.90 Å². The van der Waals surface area contributed by atoms with Gasteiger partial charge in [0, 0.05) is 13.2 Å². The Labute approximate surface area is 89.2 Å². The van der Waals surface area contributed by atoms with Crippen molar-refractivity contribution in [2.75, 3.05) is 19.8 Å². The van der Waals surface area contributed by atoms with Crippen molar-refractivity contribution in [1.29, 1.82) is 0 Å². The summed E-state index contributed by atoms with van der Waals surface area (Å²) in [6, 6.07) is -0.0770. The van der Waals surface area contributed by atoms with Crippen LogP contribution in [0.15, 0.2) is 0 Å². The lowest BCUT2D eigenvalue weighted by molar-refractivity contribution is -0.0290. The molecule has 0 aromatic heterocycles. The first-order chi connectivity index (χ1) is 7.18. The van der Waals surface area contributed by atoms with E-state index in [2.05, 4.69) is 10.6 Å². The molecule has 5 nitrogen and oxygen atoms in total. The van der Waals surface area contributed by atoms with Gasteiger partial charge in [-0.25, -0.2) is 4.79 Å². The number of ether oxygens (including phenoxy) is 1. The number of rotatable bonds is 3. The standard InChI is InChI=1S/C10H18N2O3/c13-9(12-8-2-5-15-6-8)11-7-10(14)3-1-4-10/h8,14H,1-7H2,(H2,11,12,13). The van der Waals surface area contributed by atoms with Crippen LogP contribution in [0.2, 0.25) is 0 Å². The summed E-state index contributed by atoms with van der Waals surface area (Å²) in [7, 11) is 0. The molecule has 0 radical (unpaired) electrons. The third-order valence-electron chi connectivity index (χ3n) is 3.13. The van der Waals surface area contributed by atoms with Gasteiger partial charge in [-0.1, -0.05) is 0 Å². The van der Waals surface area contributed by atoms with Crippen LogP contribution in [0.1, 0.15) is 25.7 Å². The molecule has 0 spiro atoms. The van der Waals surface area contributed by atoms with E-state index in [0.717, 1.165) is 32.3 Å². The van der Waals surface area contributed by atoms with Gasteiger partial charge < -0.3 is 20.5 Å². The van der Waals surface area contributed by atoms with Crippen LogP contribution < -0.4 is 10.6 Å². The lowest BCUT2D eigenvalue weighted by Crippen LogP contribution is -2.51. The lowest BCUT2D eigenvalue weighted by Gasteiger charge is -2.36. The average Bonchev–Trinajstić information content (AvgIpc) is 2.64. The third kappa shape index (κ3) is 2.82. The van der Waals surface area contributed by atoms with Crippen molar-refractivity contribution in [3.63, 3.8) is 0 Å². The first-order valence-electron chi connectivity index (χ1n) is 5.52. The Morgan fingerprint density at radius 3 is 2.87 bits per heavy atom. The van der Waals surface area contributed by atoms with Crippen molar-refractivity contribution < 1.29 is 14.6 Å². The van der Waals surface area contributed by atoms with Crippen LogP contribution in [0.3, 0.4) is 0 Å². The fourth-order valence-corrected chi connectivity index (χ4v) is 1.89. The van der Waals surface area contributed by atoms with Crippen molar-refractivity contribution in [3.8, 4) is 0 Å². The maximum absolute atomic E-state index is 11.4. The summed E-state index contributed by atoms with van der Waals surface area (Å²) < 4.78 is 5.14. The average molecular weight is 214 g/mol. The van der Waals surface area contributed by atoms with Gasteiger partial charge in [0.15, 0.2) is 0 Å². The van der Waals surface area contributed by atoms with E-state index in [1.54, 1.807) is 0 Å². The van der Waals surface area contributed by atoms with Crippen molar-refractivity contribution in [1.82, 2.24) is 10.6 Å². The molecular weight excluding hydrogens is 196 g/mol. The number of aliphatic hydroxyl groups is 1. The summed E-state index contributed by atoms with van der Waals surface area (Å²) in [6.45, 7) is 1.67. The molecule has 1 aliphatic heterocycles. The second-order valence-electron chi connectivity index (χ2n) is 4.47. The smallest absolute Gasteiger partial charge is 0.315 e. The third-order valence-corrected chi connectivity index (χ3v) is 3.13. The molecule has 2 aliphatic rings. The molecule has 1 aliphatic carbocycles. The van der Waals surface area contributed by atoms with Crippen LogP contribution in [-0.4, -0.2) is 42.5 Å². The topological polar surface area (TPSA) is 70.6 Å². The van der Waals surface area contributed by atoms with Crippen molar-refractivity contribution in [3.05, 3.63) is 0 Å². The van der Waals surface area contributed by atoms with Crippen LogP contribution >= 0.6 is 0 Å². The quantitative estimate of drug-likeness (QED) is 0.619. The summed E-state index contributed by atoms with van der Waals surface area (Å²) in [4.78, 5) is 11.4. The zero-order chi connectivity index (χ0) is 10.7. The Balaban J connectivity index is 1.63. The largest absolute Gasteiger partial charge is 0.388 e. The summed E-state index contributed by atoms with van der Waals surface area (Å²) in [6.07, 6.45) is 3.51. The molecule has 1 unspecified atom stereocenters. The molecule has 1 atom stereocenters. The minimum absolute atomic E-state index is 0.126. The molecule has 0 aromatic carbocycles. The zero-order valence-electron chi connectivity index (χ0n) is 8.79. The molecule has 2 rings (SSSR count). The molecule has 86 valence electrons. The monoisotopic (exact) mass is 214 g/mol. The van der Waals surface area contributed by atoms with E-state index in [1.165, 1.54) is 0 Å². The molecule has 2 fully saturated rings. The second kappa shape index (κ2) is 4.37. The van der Waals surface area contributed by atoms with E-state index in [-0.39, 0.29) is 12.1 Å². The van der Waals surface area contributed by atoms with Crippen molar-refractivity contribution >= 4 is 6.03 Å². The van der Waals surface area contributed by atoms with Crippen LogP contribution in [0.4, 0.5) is 4.79 Å². The number of urea groups is 1. The van der Waals surface area contributed by atoms with E-state index >= 15 is 0 Å². The first-order valence-corrected chi connectivity index (χ1v) is 5.52. The Hall–Kier alpha value is -0.810. The summed E-state index contributed by atoms with van der Waals surface area (Å²) >= 11 is 0. The van der Waals surface area contributed by atoms with Crippen LogP contribution in [0.25, 0.3) is 0 Å².